The fourth-order valence-electron chi connectivity index (χ4n) is 2.05. The van der Waals surface area contributed by atoms with Crippen molar-refractivity contribution in [2.45, 2.75) is 19.6 Å². The molecule has 2 rings (SSSR count). The average Bonchev–Trinajstić information content (AvgIpc) is 2.52. The van der Waals surface area contributed by atoms with Crippen LogP contribution in [0, 0.1) is 6.92 Å². The van der Waals surface area contributed by atoms with E-state index >= 15 is 0 Å². The molecule has 24 heavy (non-hydrogen) atoms. The summed E-state index contributed by atoms with van der Waals surface area (Å²) in [6.07, 6.45) is -4.57. The molecule has 0 radical (unpaired) electrons. The van der Waals surface area contributed by atoms with Gasteiger partial charge in [0.25, 0.3) is 5.91 Å². The number of nitrogens with zero attached hydrogens (tertiary/aromatic N) is 1. The van der Waals surface area contributed by atoms with Crippen LogP contribution < -0.4 is 5.32 Å². The molecule has 2 N–H and O–H groups in total. The predicted molar refractivity (Wildman–Crippen MR) is 78.5 cm³/mol. The van der Waals surface area contributed by atoms with Crippen molar-refractivity contribution >= 4 is 11.9 Å². The maximum Gasteiger partial charge on any atom is 0.433 e. The summed E-state index contributed by atoms with van der Waals surface area (Å²) in [4.78, 5) is 26.3. The van der Waals surface area contributed by atoms with Gasteiger partial charge in [-0.15, -0.1) is 0 Å². The minimum atomic E-state index is -4.57. The zero-order valence-corrected chi connectivity index (χ0v) is 12.5. The van der Waals surface area contributed by atoms with Gasteiger partial charge in [-0.3, -0.25) is 4.79 Å². The molecule has 5 nitrogen and oxygen atoms in total. The molecule has 126 valence electrons. The Balaban J connectivity index is 2.10. The van der Waals surface area contributed by atoms with Gasteiger partial charge < -0.3 is 10.4 Å². The van der Waals surface area contributed by atoms with Crippen LogP contribution >= 0.6 is 0 Å². The van der Waals surface area contributed by atoms with Crippen molar-refractivity contribution in [2.24, 2.45) is 0 Å². The number of amides is 1. The normalized spacial score (nSPS) is 11.2. The lowest BCUT2D eigenvalue weighted by Crippen LogP contribution is -2.24. The second-order valence-electron chi connectivity index (χ2n) is 5.02. The number of hydrogen-bond acceptors (Lipinski definition) is 3. The van der Waals surface area contributed by atoms with E-state index in [9.17, 15) is 22.8 Å². The minimum absolute atomic E-state index is 0.0254. The molecular formula is C16H13F3N2O3. The number of carboxylic acid groups (broad SMARTS) is 1. The Kier molecular flexibility index (Phi) is 4.87. The number of pyridine rings is 1. The molecule has 0 fully saturated rings. The average molecular weight is 338 g/mol. The van der Waals surface area contributed by atoms with Gasteiger partial charge in [-0.05, 0) is 36.8 Å². The molecule has 1 amide bonds. The molecular weight excluding hydrogens is 325 g/mol. The highest BCUT2D eigenvalue weighted by Gasteiger charge is 2.33. The summed E-state index contributed by atoms with van der Waals surface area (Å²) in [5.74, 6) is -1.68. The zero-order valence-electron chi connectivity index (χ0n) is 12.5. The summed E-state index contributed by atoms with van der Waals surface area (Å²) in [6.45, 7) is 1.36. The molecule has 1 heterocycles. The molecule has 0 aliphatic rings. The van der Waals surface area contributed by atoms with Crippen molar-refractivity contribution < 1.29 is 27.9 Å². The lowest BCUT2D eigenvalue weighted by Gasteiger charge is -2.10. The third-order valence-electron chi connectivity index (χ3n) is 3.25. The summed E-state index contributed by atoms with van der Waals surface area (Å²) in [7, 11) is 0. The van der Waals surface area contributed by atoms with Gasteiger partial charge in [0.05, 0.1) is 16.8 Å². The van der Waals surface area contributed by atoms with Crippen molar-refractivity contribution in [1.29, 1.82) is 0 Å². The Morgan fingerprint density at radius 3 is 2.50 bits per heavy atom. The molecule has 0 unspecified atom stereocenters. The first-order valence-corrected chi connectivity index (χ1v) is 6.84. The van der Waals surface area contributed by atoms with Gasteiger partial charge in [0, 0.05) is 6.54 Å². The van der Waals surface area contributed by atoms with Crippen LogP contribution in [0.4, 0.5) is 13.2 Å². The number of halogens is 3. The SMILES string of the molecule is Cc1nc(C(F)(F)F)ccc1C(=O)NCc1cccc(C(=O)O)c1. The van der Waals surface area contributed by atoms with Gasteiger partial charge in [-0.25, -0.2) is 9.78 Å². The quantitative estimate of drug-likeness (QED) is 0.898. The lowest BCUT2D eigenvalue weighted by atomic mass is 10.1. The summed E-state index contributed by atoms with van der Waals surface area (Å²) in [5, 5.41) is 11.4. The molecule has 1 aromatic heterocycles. The number of aromatic carboxylic acids is 1. The molecule has 0 aliphatic carbocycles. The molecule has 0 spiro atoms. The summed E-state index contributed by atoms with van der Waals surface area (Å²) < 4.78 is 37.7. The number of carboxylic acids is 1. The largest absolute Gasteiger partial charge is 0.478 e. The minimum Gasteiger partial charge on any atom is -0.478 e. The topological polar surface area (TPSA) is 79.3 Å². The number of nitrogens with one attached hydrogen (secondary N) is 1. The van der Waals surface area contributed by atoms with E-state index in [2.05, 4.69) is 10.3 Å². The summed E-state index contributed by atoms with van der Waals surface area (Å²) in [5.41, 5.74) is -0.445. The number of rotatable bonds is 4. The Hall–Kier alpha value is -2.90. The molecule has 0 bridgehead atoms. The van der Waals surface area contributed by atoms with E-state index in [0.717, 1.165) is 12.1 Å². The van der Waals surface area contributed by atoms with Crippen molar-refractivity contribution in [1.82, 2.24) is 10.3 Å². The molecule has 0 saturated heterocycles. The van der Waals surface area contributed by atoms with Crippen molar-refractivity contribution in [3.8, 4) is 0 Å². The number of carbonyl (C=O) groups is 2. The number of hydrogen-bond donors (Lipinski definition) is 2. The van der Waals surface area contributed by atoms with Crippen molar-refractivity contribution in [3.63, 3.8) is 0 Å². The van der Waals surface area contributed by atoms with Gasteiger partial charge >= 0.3 is 12.1 Å². The van der Waals surface area contributed by atoms with E-state index in [0.29, 0.717) is 5.56 Å². The van der Waals surface area contributed by atoms with Gasteiger partial charge in [0.15, 0.2) is 0 Å². The second kappa shape index (κ2) is 6.69. The van der Waals surface area contributed by atoms with Gasteiger partial charge in [0.2, 0.25) is 0 Å². The Morgan fingerprint density at radius 2 is 1.92 bits per heavy atom. The molecule has 2 aromatic rings. The van der Waals surface area contributed by atoms with E-state index in [-0.39, 0.29) is 23.4 Å². The van der Waals surface area contributed by atoms with Gasteiger partial charge in [0.1, 0.15) is 5.69 Å². The third kappa shape index (κ3) is 4.09. The maximum atomic E-state index is 12.6. The van der Waals surface area contributed by atoms with Crippen LogP contribution in [0.2, 0.25) is 0 Å². The second-order valence-corrected chi connectivity index (χ2v) is 5.02. The van der Waals surface area contributed by atoms with E-state index < -0.39 is 23.7 Å². The van der Waals surface area contributed by atoms with Gasteiger partial charge in [-0.1, -0.05) is 12.1 Å². The lowest BCUT2D eigenvalue weighted by molar-refractivity contribution is -0.141. The summed E-state index contributed by atoms with van der Waals surface area (Å²) in [6, 6.07) is 7.79. The van der Waals surface area contributed by atoms with Crippen LogP contribution in [0.3, 0.4) is 0 Å². The van der Waals surface area contributed by atoms with E-state index in [1.54, 1.807) is 6.07 Å². The van der Waals surface area contributed by atoms with Crippen LogP contribution in [-0.2, 0) is 12.7 Å². The standard InChI is InChI=1S/C16H13F3N2O3/c1-9-12(5-6-13(21-9)16(17,18)19)14(22)20-8-10-3-2-4-11(7-10)15(23)24/h2-7H,8H2,1H3,(H,20,22)(H,23,24). The van der Waals surface area contributed by atoms with Crippen LogP contribution in [0.5, 0.6) is 0 Å². The van der Waals surface area contributed by atoms with E-state index in [1.165, 1.54) is 25.1 Å². The number of benzene rings is 1. The monoisotopic (exact) mass is 338 g/mol. The third-order valence-corrected chi connectivity index (χ3v) is 3.25. The highest BCUT2D eigenvalue weighted by atomic mass is 19.4. The Bertz CT molecular complexity index is 788. The first-order chi connectivity index (χ1) is 11.2. The Labute approximate surface area is 135 Å². The Morgan fingerprint density at radius 1 is 1.21 bits per heavy atom. The highest BCUT2D eigenvalue weighted by molar-refractivity contribution is 5.95. The number of carbonyl (C=O) groups excluding carboxylic acids is 1. The molecule has 0 atom stereocenters. The molecule has 0 aliphatic heterocycles. The van der Waals surface area contributed by atoms with Crippen LogP contribution in [-0.4, -0.2) is 22.0 Å². The fourth-order valence-corrected chi connectivity index (χ4v) is 2.05. The van der Waals surface area contributed by atoms with Crippen LogP contribution in [0.1, 0.15) is 37.7 Å². The van der Waals surface area contributed by atoms with Crippen LogP contribution in [0.25, 0.3) is 0 Å². The fraction of sp³-hybridized carbons (Fsp3) is 0.188. The zero-order chi connectivity index (χ0) is 17.9. The van der Waals surface area contributed by atoms with Crippen LogP contribution in [0.15, 0.2) is 36.4 Å². The van der Waals surface area contributed by atoms with Crippen molar-refractivity contribution in [2.75, 3.05) is 0 Å². The molecule has 0 saturated carbocycles. The summed E-state index contributed by atoms with van der Waals surface area (Å²) >= 11 is 0. The smallest absolute Gasteiger partial charge is 0.433 e. The number of aryl methyl sites for hydroxylation is 1. The van der Waals surface area contributed by atoms with E-state index in [1.807, 2.05) is 0 Å². The van der Waals surface area contributed by atoms with Crippen molar-refractivity contribution in [3.05, 3.63) is 64.5 Å². The highest BCUT2D eigenvalue weighted by Crippen LogP contribution is 2.28. The number of alkyl halides is 3. The van der Waals surface area contributed by atoms with E-state index in [4.69, 9.17) is 5.11 Å². The molecule has 1 aromatic carbocycles. The first-order valence-electron chi connectivity index (χ1n) is 6.84. The molecule has 8 heteroatoms. The first kappa shape index (κ1) is 17.5. The van der Waals surface area contributed by atoms with Gasteiger partial charge in [-0.2, -0.15) is 13.2 Å². The number of aromatic nitrogens is 1. The maximum absolute atomic E-state index is 12.6. The predicted octanol–water partition coefficient (Wildman–Crippen LogP) is 3.04.